The molecular formula is C14H14FN3O2. The minimum Gasteiger partial charge on any atom is -0.352 e. The Hall–Kier alpha value is -2.21. The predicted octanol–water partition coefficient (Wildman–Crippen LogP) is 0.616. The number of fused-ring (bicyclic) bond motifs is 1. The van der Waals surface area contributed by atoms with Crippen molar-refractivity contribution in [2.45, 2.75) is 0 Å². The summed E-state index contributed by atoms with van der Waals surface area (Å²) in [6, 6.07) is 5.23. The number of halogens is 1. The van der Waals surface area contributed by atoms with Gasteiger partial charge >= 0.3 is 0 Å². The van der Waals surface area contributed by atoms with E-state index in [1.54, 1.807) is 0 Å². The largest absolute Gasteiger partial charge is 0.352 e. The van der Waals surface area contributed by atoms with Crippen LogP contribution >= 0.6 is 0 Å². The number of benzene rings is 1. The van der Waals surface area contributed by atoms with Gasteiger partial charge in [0, 0.05) is 37.0 Å². The highest BCUT2D eigenvalue weighted by Crippen LogP contribution is 2.16. The summed E-state index contributed by atoms with van der Waals surface area (Å²) in [6.45, 7) is 2.35. The minimum atomic E-state index is -0.453. The van der Waals surface area contributed by atoms with Crippen LogP contribution in [-0.2, 0) is 0 Å². The van der Waals surface area contributed by atoms with Gasteiger partial charge in [-0.15, -0.1) is 0 Å². The average molecular weight is 275 g/mol. The molecule has 2 heterocycles. The Morgan fingerprint density at radius 1 is 1.35 bits per heavy atom. The monoisotopic (exact) mass is 275 g/mol. The first-order chi connectivity index (χ1) is 9.63. The van der Waals surface area contributed by atoms with Gasteiger partial charge in [-0.1, -0.05) is 0 Å². The van der Waals surface area contributed by atoms with Crippen LogP contribution in [0.1, 0.15) is 10.4 Å². The number of carbonyl (C=O) groups excluding carboxylic acids is 1. The summed E-state index contributed by atoms with van der Waals surface area (Å²) in [4.78, 5) is 26.2. The van der Waals surface area contributed by atoms with E-state index in [0.29, 0.717) is 23.4 Å². The van der Waals surface area contributed by atoms with E-state index in [1.165, 1.54) is 24.3 Å². The van der Waals surface area contributed by atoms with Crippen molar-refractivity contribution in [2.75, 3.05) is 19.6 Å². The van der Waals surface area contributed by atoms with Crippen LogP contribution in [0.25, 0.3) is 10.9 Å². The van der Waals surface area contributed by atoms with E-state index in [1.807, 2.05) is 0 Å². The Kier molecular flexibility index (Phi) is 3.23. The van der Waals surface area contributed by atoms with Gasteiger partial charge in [0.2, 0.25) is 5.56 Å². The first-order valence-electron chi connectivity index (χ1n) is 6.45. The molecule has 0 saturated carbocycles. The van der Waals surface area contributed by atoms with Crippen molar-refractivity contribution in [1.82, 2.24) is 15.6 Å². The maximum atomic E-state index is 13.2. The van der Waals surface area contributed by atoms with E-state index in [4.69, 9.17) is 0 Å². The maximum absolute atomic E-state index is 13.2. The van der Waals surface area contributed by atoms with Crippen LogP contribution in [0.15, 0.2) is 29.1 Å². The van der Waals surface area contributed by atoms with Crippen molar-refractivity contribution in [2.24, 2.45) is 5.92 Å². The number of aromatic nitrogens is 1. The van der Waals surface area contributed by atoms with Gasteiger partial charge in [-0.05, 0) is 18.2 Å². The fourth-order valence-corrected chi connectivity index (χ4v) is 2.25. The van der Waals surface area contributed by atoms with E-state index < -0.39 is 11.4 Å². The molecule has 1 aromatic heterocycles. The van der Waals surface area contributed by atoms with Crippen molar-refractivity contribution in [3.05, 3.63) is 46.0 Å². The van der Waals surface area contributed by atoms with Gasteiger partial charge in [0.1, 0.15) is 5.82 Å². The first kappa shape index (κ1) is 12.8. The summed E-state index contributed by atoms with van der Waals surface area (Å²) in [5.74, 6) is -0.324. The molecule has 1 aliphatic heterocycles. The van der Waals surface area contributed by atoms with Crippen LogP contribution in [0.5, 0.6) is 0 Å². The van der Waals surface area contributed by atoms with Crippen molar-refractivity contribution in [3.8, 4) is 0 Å². The van der Waals surface area contributed by atoms with E-state index in [-0.39, 0.29) is 11.5 Å². The summed E-state index contributed by atoms with van der Waals surface area (Å²) in [5.41, 5.74) is 0.183. The molecule has 1 amide bonds. The first-order valence-corrected chi connectivity index (χ1v) is 6.45. The van der Waals surface area contributed by atoms with Gasteiger partial charge in [0.25, 0.3) is 5.91 Å². The quantitative estimate of drug-likeness (QED) is 0.768. The molecule has 1 saturated heterocycles. The molecule has 0 atom stereocenters. The smallest absolute Gasteiger partial charge is 0.252 e. The molecule has 0 bridgehead atoms. The SMILES string of the molecule is O=C(NCC1CNC1)c1cc(=O)[nH]c2cc(F)ccc12. The van der Waals surface area contributed by atoms with Gasteiger partial charge < -0.3 is 15.6 Å². The Bertz CT molecular complexity index is 722. The molecule has 1 fully saturated rings. The summed E-state index contributed by atoms with van der Waals surface area (Å²) in [6.07, 6.45) is 0. The Morgan fingerprint density at radius 2 is 2.15 bits per heavy atom. The Labute approximate surface area is 114 Å². The summed E-state index contributed by atoms with van der Waals surface area (Å²) < 4.78 is 13.2. The van der Waals surface area contributed by atoms with Crippen LogP contribution in [0, 0.1) is 11.7 Å². The molecule has 2 aromatic rings. The highest BCUT2D eigenvalue weighted by Gasteiger charge is 2.18. The lowest BCUT2D eigenvalue weighted by molar-refractivity contribution is 0.0943. The molecule has 3 N–H and O–H groups in total. The zero-order valence-electron chi connectivity index (χ0n) is 10.7. The Balaban J connectivity index is 1.92. The number of carbonyl (C=O) groups is 1. The summed E-state index contributed by atoms with van der Waals surface area (Å²) in [7, 11) is 0. The molecule has 0 radical (unpaired) electrons. The van der Waals surface area contributed by atoms with Crippen LogP contribution < -0.4 is 16.2 Å². The maximum Gasteiger partial charge on any atom is 0.252 e. The second-order valence-corrected chi connectivity index (χ2v) is 4.97. The highest BCUT2D eigenvalue weighted by molar-refractivity contribution is 6.05. The van der Waals surface area contributed by atoms with Gasteiger partial charge in [0.05, 0.1) is 11.1 Å². The molecule has 20 heavy (non-hydrogen) atoms. The van der Waals surface area contributed by atoms with Gasteiger partial charge in [0.15, 0.2) is 0 Å². The predicted molar refractivity (Wildman–Crippen MR) is 73.2 cm³/mol. The second-order valence-electron chi connectivity index (χ2n) is 4.97. The van der Waals surface area contributed by atoms with E-state index in [9.17, 15) is 14.0 Å². The molecule has 1 aliphatic rings. The molecule has 5 nitrogen and oxygen atoms in total. The zero-order chi connectivity index (χ0) is 14.1. The molecule has 3 rings (SSSR count). The molecule has 6 heteroatoms. The third-order valence-corrected chi connectivity index (χ3v) is 3.47. The van der Waals surface area contributed by atoms with Crippen molar-refractivity contribution in [3.63, 3.8) is 0 Å². The summed E-state index contributed by atoms with van der Waals surface area (Å²) in [5, 5.41) is 6.47. The fourth-order valence-electron chi connectivity index (χ4n) is 2.25. The molecule has 0 unspecified atom stereocenters. The second kappa shape index (κ2) is 5.05. The van der Waals surface area contributed by atoms with E-state index in [0.717, 1.165) is 13.1 Å². The van der Waals surface area contributed by atoms with Gasteiger partial charge in [-0.3, -0.25) is 9.59 Å². The lowest BCUT2D eigenvalue weighted by Gasteiger charge is -2.27. The molecule has 0 aliphatic carbocycles. The van der Waals surface area contributed by atoms with Crippen LogP contribution in [0.2, 0.25) is 0 Å². The normalized spacial score (nSPS) is 15.1. The van der Waals surface area contributed by atoms with Crippen LogP contribution in [-0.4, -0.2) is 30.5 Å². The highest BCUT2D eigenvalue weighted by atomic mass is 19.1. The fraction of sp³-hybridized carbons (Fsp3) is 0.286. The molecular weight excluding hydrogens is 261 g/mol. The number of rotatable bonds is 3. The van der Waals surface area contributed by atoms with Crippen molar-refractivity contribution in [1.29, 1.82) is 0 Å². The minimum absolute atomic E-state index is 0.274. The lowest BCUT2D eigenvalue weighted by Crippen LogP contribution is -2.48. The number of hydrogen-bond donors (Lipinski definition) is 3. The Morgan fingerprint density at radius 3 is 2.85 bits per heavy atom. The average Bonchev–Trinajstić information content (AvgIpc) is 2.35. The lowest BCUT2D eigenvalue weighted by atomic mass is 10.0. The molecule has 104 valence electrons. The summed E-state index contributed by atoms with van der Waals surface area (Å²) >= 11 is 0. The number of nitrogens with one attached hydrogen (secondary N) is 3. The standard InChI is InChI=1S/C14H14FN3O2/c15-9-1-2-10-11(4-13(19)18-12(10)3-9)14(20)17-7-8-5-16-6-8/h1-4,8,16H,5-7H2,(H,17,20)(H,18,19). The molecule has 1 aromatic carbocycles. The van der Waals surface area contributed by atoms with Crippen molar-refractivity contribution >= 4 is 16.8 Å². The van der Waals surface area contributed by atoms with Gasteiger partial charge in [-0.2, -0.15) is 0 Å². The van der Waals surface area contributed by atoms with E-state index in [2.05, 4.69) is 15.6 Å². The zero-order valence-corrected chi connectivity index (χ0v) is 10.7. The van der Waals surface area contributed by atoms with Crippen LogP contribution in [0.4, 0.5) is 4.39 Å². The number of H-pyrrole nitrogens is 1. The third kappa shape index (κ3) is 2.42. The number of hydrogen-bond acceptors (Lipinski definition) is 3. The van der Waals surface area contributed by atoms with E-state index >= 15 is 0 Å². The number of aromatic amines is 1. The number of pyridine rings is 1. The van der Waals surface area contributed by atoms with Crippen LogP contribution in [0.3, 0.4) is 0 Å². The topological polar surface area (TPSA) is 74.0 Å². The number of amides is 1. The molecule has 0 spiro atoms. The van der Waals surface area contributed by atoms with Gasteiger partial charge in [-0.25, -0.2) is 4.39 Å². The third-order valence-electron chi connectivity index (χ3n) is 3.47. The van der Waals surface area contributed by atoms with Crippen molar-refractivity contribution < 1.29 is 9.18 Å².